The number of benzene rings is 2. The summed E-state index contributed by atoms with van der Waals surface area (Å²) in [5.41, 5.74) is 4.07. The third-order valence-corrected chi connectivity index (χ3v) is 4.74. The summed E-state index contributed by atoms with van der Waals surface area (Å²) in [6.45, 7) is 2.90. The number of carbonyl (C=O) groups is 2. The van der Waals surface area contributed by atoms with E-state index in [4.69, 9.17) is 5.11 Å². The number of carboxylic acid groups (broad SMARTS) is 1. The number of aromatic nitrogens is 1. The van der Waals surface area contributed by atoms with Crippen molar-refractivity contribution in [2.24, 2.45) is 0 Å². The van der Waals surface area contributed by atoms with E-state index in [9.17, 15) is 9.59 Å². The van der Waals surface area contributed by atoms with Crippen LogP contribution in [0.5, 0.6) is 0 Å². The number of H-pyrrole nitrogens is 1. The monoisotopic (exact) mass is 364 g/mol. The summed E-state index contributed by atoms with van der Waals surface area (Å²) < 4.78 is 0. The quantitative estimate of drug-likeness (QED) is 0.636. The van der Waals surface area contributed by atoms with Crippen LogP contribution >= 0.6 is 0 Å². The van der Waals surface area contributed by atoms with Crippen LogP contribution in [-0.2, 0) is 22.6 Å². The molecule has 0 fully saturated rings. The van der Waals surface area contributed by atoms with Gasteiger partial charge in [-0.25, -0.2) is 0 Å². The molecule has 140 valence electrons. The van der Waals surface area contributed by atoms with Crippen LogP contribution in [-0.4, -0.2) is 33.4 Å². The van der Waals surface area contributed by atoms with Crippen LogP contribution in [0.1, 0.15) is 29.7 Å². The first-order chi connectivity index (χ1) is 13.0. The third kappa shape index (κ3) is 4.76. The van der Waals surface area contributed by atoms with Crippen LogP contribution in [0.3, 0.4) is 0 Å². The molecule has 0 bridgehead atoms. The molecule has 27 heavy (non-hydrogen) atoms. The number of para-hydroxylation sites is 1. The predicted molar refractivity (Wildman–Crippen MR) is 105 cm³/mol. The number of amides is 1. The van der Waals surface area contributed by atoms with E-state index in [2.05, 4.69) is 4.98 Å². The fourth-order valence-corrected chi connectivity index (χ4v) is 3.34. The molecule has 0 saturated heterocycles. The molecule has 0 spiro atoms. The maximum Gasteiger partial charge on any atom is 0.303 e. The molecular formula is C22H24N2O3. The average Bonchev–Trinajstić information content (AvgIpc) is 2.97. The summed E-state index contributed by atoms with van der Waals surface area (Å²) in [4.78, 5) is 29.0. The predicted octanol–water partition coefficient (Wildman–Crippen LogP) is 3.91. The second-order valence-corrected chi connectivity index (χ2v) is 6.75. The first-order valence-corrected chi connectivity index (χ1v) is 9.14. The molecule has 1 heterocycles. The Morgan fingerprint density at radius 1 is 1.04 bits per heavy atom. The minimum atomic E-state index is -0.838. The van der Waals surface area contributed by atoms with Gasteiger partial charge in [0.25, 0.3) is 0 Å². The van der Waals surface area contributed by atoms with E-state index in [1.54, 1.807) is 4.90 Å². The van der Waals surface area contributed by atoms with Crippen molar-refractivity contribution in [3.05, 3.63) is 71.4 Å². The standard InChI is InChI=1S/C22H24N2O3/c1-16-19(18-10-5-6-11-20(18)23-16)14-21(25)24(13-7-12-22(26)27)15-17-8-3-2-4-9-17/h2-6,8-11,23H,7,12-15H2,1H3,(H,26,27). The number of aromatic amines is 1. The maximum atomic E-state index is 13.1. The van der Waals surface area contributed by atoms with Crippen molar-refractivity contribution in [1.82, 2.24) is 9.88 Å². The van der Waals surface area contributed by atoms with Gasteiger partial charge in [-0.3, -0.25) is 9.59 Å². The minimum Gasteiger partial charge on any atom is -0.481 e. The van der Waals surface area contributed by atoms with E-state index in [-0.39, 0.29) is 12.3 Å². The molecule has 1 amide bonds. The lowest BCUT2D eigenvalue weighted by molar-refractivity contribution is -0.138. The van der Waals surface area contributed by atoms with Gasteiger partial charge in [0.2, 0.25) is 5.91 Å². The molecule has 5 heteroatoms. The highest BCUT2D eigenvalue weighted by Gasteiger charge is 2.18. The highest BCUT2D eigenvalue weighted by Crippen LogP contribution is 2.23. The molecule has 0 aliphatic heterocycles. The second kappa shape index (κ2) is 8.54. The molecule has 5 nitrogen and oxygen atoms in total. The van der Waals surface area contributed by atoms with Gasteiger partial charge < -0.3 is 15.0 Å². The van der Waals surface area contributed by atoms with Gasteiger partial charge in [-0.2, -0.15) is 0 Å². The molecule has 0 aliphatic carbocycles. The summed E-state index contributed by atoms with van der Waals surface area (Å²) in [5.74, 6) is -0.827. The molecule has 3 aromatic rings. The van der Waals surface area contributed by atoms with Crippen molar-refractivity contribution in [3.63, 3.8) is 0 Å². The van der Waals surface area contributed by atoms with Crippen LogP contribution in [0.25, 0.3) is 10.9 Å². The maximum absolute atomic E-state index is 13.1. The molecule has 0 atom stereocenters. The Kier molecular flexibility index (Phi) is 5.91. The van der Waals surface area contributed by atoms with Gasteiger partial charge >= 0.3 is 5.97 Å². The smallest absolute Gasteiger partial charge is 0.303 e. The number of hydrogen-bond donors (Lipinski definition) is 2. The lowest BCUT2D eigenvalue weighted by atomic mass is 10.1. The number of carboxylic acids is 1. The van der Waals surface area contributed by atoms with Crippen LogP contribution in [0.4, 0.5) is 0 Å². The summed E-state index contributed by atoms with van der Waals surface area (Å²) in [5, 5.41) is 9.97. The lowest BCUT2D eigenvalue weighted by Gasteiger charge is -2.23. The summed E-state index contributed by atoms with van der Waals surface area (Å²) >= 11 is 0. The number of rotatable bonds is 8. The van der Waals surface area contributed by atoms with Gasteiger partial charge in [0.15, 0.2) is 0 Å². The highest BCUT2D eigenvalue weighted by molar-refractivity contribution is 5.90. The van der Waals surface area contributed by atoms with Gasteiger partial charge in [0.05, 0.1) is 6.42 Å². The lowest BCUT2D eigenvalue weighted by Crippen LogP contribution is -2.33. The molecule has 2 aromatic carbocycles. The van der Waals surface area contributed by atoms with E-state index < -0.39 is 5.97 Å². The Labute approximate surface area is 158 Å². The topological polar surface area (TPSA) is 73.4 Å². The summed E-state index contributed by atoms with van der Waals surface area (Å²) in [6.07, 6.45) is 0.807. The molecule has 3 rings (SSSR count). The molecule has 0 radical (unpaired) electrons. The van der Waals surface area contributed by atoms with Crippen LogP contribution in [0.15, 0.2) is 54.6 Å². The van der Waals surface area contributed by atoms with Gasteiger partial charge in [0, 0.05) is 36.1 Å². The fourth-order valence-electron chi connectivity index (χ4n) is 3.34. The normalized spacial score (nSPS) is 10.9. The number of aryl methyl sites for hydroxylation is 1. The third-order valence-electron chi connectivity index (χ3n) is 4.74. The van der Waals surface area contributed by atoms with E-state index >= 15 is 0 Å². The van der Waals surface area contributed by atoms with E-state index in [1.165, 1.54) is 0 Å². The van der Waals surface area contributed by atoms with Crippen molar-refractivity contribution in [2.45, 2.75) is 32.7 Å². The van der Waals surface area contributed by atoms with Crippen molar-refractivity contribution in [2.75, 3.05) is 6.54 Å². The molecule has 0 unspecified atom stereocenters. The first-order valence-electron chi connectivity index (χ1n) is 9.14. The highest BCUT2D eigenvalue weighted by atomic mass is 16.4. The van der Waals surface area contributed by atoms with E-state index in [1.807, 2.05) is 61.5 Å². The van der Waals surface area contributed by atoms with Gasteiger partial charge in [-0.15, -0.1) is 0 Å². The van der Waals surface area contributed by atoms with Gasteiger partial charge in [-0.05, 0) is 30.5 Å². The molecular weight excluding hydrogens is 340 g/mol. The number of fused-ring (bicyclic) bond motifs is 1. The average molecular weight is 364 g/mol. The molecule has 0 saturated carbocycles. The number of nitrogens with zero attached hydrogens (tertiary/aromatic N) is 1. The van der Waals surface area contributed by atoms with Crippen molar-refractivity contribution < 1.29 is 14.7 Å². The van der Waals surface area contributed by atoms with Gasteiger partial charge in [0.1, 0.15) is 0 Å². The van der Waals surface area contributed by atoms with Crippen molar-refractivity contribution >= 4 is 22.8 Å². The largest absolute Gasteiger partial charge is 0.481 e. The fraction of sp³-hybridized carbons (Fsp3) is 0.273. The Hall–Kier alpha value is -3.08. The molecule has 1 aromatic heterocycles. The van der Waals surface area contributed by atoms with Crippen LogP contribution in [0.2, 0.25) is 0 Å². The number of carbonyl (C=O) groups excluding carboxylic acids is 1. The first kappa shape index (κ1) is 18.7. The van der Waals surface area contributed by atoms with E-state index in [0.29, 0.717) is 25.9 Å². The zero-order valence-corrected chi connectivity index (χ0v) is 15.4. The minimum absolute atomic E-state index is 0.0112. The number of nitrogens with one attached hydrogen (secondary N) is 1. The van der Waals surface area contributed by atoms with E-state index in [0.717, 1.165) is 27.7 Å². The summed E-state index contributed by atoms with van der Waals surface area (Å²) in [7, 11) is 0. The molecule has 2 N–H and O–H groups in total. The second-order valence-electron chi connectivity index (χ2n) is 6.75. The number of hydrogen-bond acceptors (Lipinski definition) is 2. The molecule has 0 aliphatic rings. The summed E-state index contributed by atoms with van der Waals surface area (Å²) in [6, 6.07) is 17.8. The zero-order valence-electron chi connectivity index (χ0n) is 15.4. The Morgan fingerprint density at radius 2 is 1.74 bits per heavy atom. The Bertz CT molecular complexity index is 931. The SMILES string of the molecule is Cc1[nH]c2ccccc2c1CC(=O)N(CCCC(=O)O)Cc1ccccc1. The van der Waals surface area contributed by atoms with Gasteiger partial charge in [-0.1, -0.05) is 48.5 Å². The van der Waals surface area contributed by atoms with Crippen molar-refractivity contribution in [1.29, 1.82) is 0 Å². The van der Waals surface area contributed by atoms with Crippen LogP contribution in [0, 0.1) is 6.92 Å². The number of aliphatic carboxylic acids is 1. The van der Waals surface area contributed by atoms with Crippen LogP contribution < -0.4 is 0 Å². The zero-order chi connectivity index (χ0) is 19.2. The Morgan fingerprint density at radius 3 is 2.48 bits per heavy atom. The van der Waals surface area contributed by atoms with Crippen molar-refractivity contribution in [3.8, 4) is 0 Å². The Balaban J connectivity index is 1.78.